The second kappa shape index (κ2) is 6.34. The van der Waals surface area contributed by atoms with Gasteiger partial charge >= 0.3 is 6.18 Å². The van der Waals surface area contributed by atoms with E-state index in [0.29, 0.717) is 13.1 Å². The molecule has 0 saturated carbocycles. The second-order valence-electron chi connectivity index (χ2n) is 3.54. The SMILES string of the molecule is CCNCCNC(=O)c1ccc(C(F)(F)F)nc1. The van der Waals surface area contributed by atoms with E-state index in [-0.39, 0.29) is 5.56 Å². The Morgan fingerprint density at radius 2 is 2.06 bits per heavy atom. The van der Waals surface area contributed by atoms with Gasteiger partial charge in [0.1, 0.15) is 5.69 Å². The first-order valence-electron chi connectivity index (χ1n) is 5.47. The molecule has 4 nitrogen and oxygen atoms in total. The number of alkyl halides is 3. The summed E-state index contributed by atoms with van der Waals surface area (Å²) in [6.07, 6.45) is -3.56. The predicted molar refractivity (Wildman–Crippen MR) is 60.1 cm³/mol. The van der Waals surface area contributed by atoms with Crippen molar-refractivity contribution in [2.75, 3.05) is 19.6 Å². The fourth-order valence-electron chi connectivity index (χ4n) is 1.24. The number of nitrogens with zero attached hydrogens (tertiary/aromatic N) is 1. The minimum Gasteiger partial charge on any atom is -0.351 e. The minimum atomic E-state index is -4.49. The molecule has 1 heterocycles. The average molecular weight is 261 g/mol. The van der Waals surface area contributed by atoms with Crippen LogP contribution < -0.4 is 10.6 Å². The molecular weight excluding hydrogens is 247 g/mol. The lowest BCUT2D eigenvalue weighted by Gasteiger charge is -2.07. The zero-order valence-corrected chi connectivity index (χ0v) is 9.84. The van der Waals surface area contributed by atoms with Gasteiger partial charge in [-0.1, -0.05) is 6.92 Å². The van der Waals surface area contributed by atoms with E-state index < -0.39 is 17.8 Å². The lowest BCUT2D eigenvalue weighted by molar-refractivity contribution is -0.141. The minimum absolute atomic E-state index is 0.111. The van der Waals surface area contributed by atoms with Crippen LogP contribution >= 0.6 is 0 Å². The molecule has 0 aromatic carbocycles. The Morgan fingerprint density at radius 1 is 1.33 bits per heavy atom. The highest BCUT2D eigenvalue weighted by atomic mass is 19.4. The van der Waals surface area contributed by atoms with Gasteiger partial charge in [-0.2, -0.15) is 13.2 Å². The lowest BCUT2D eigenvalue weighted by Crippen LogP contribution is -2.31. The molecule has 100 valence electrons. The van der Waals surface area contributed by atoms with Crippen LogP contribution in [0.25, 0.3) is 0 Å². The highest BCUT2D eigenvalue weighted by Gasteiger charge is 2.32. The molecule has 0 aliphatic carbocycles. The van der Waals surface area contributed by atoms with Crippen LogP contribution in [0.15, 0.2) is 18.3 Å². The molecule has 18 heavy (non-hydrogen) atoms. The molecule has 1 aromatic heterocycles. The number of pyridine rings is 1. The average Bonchev–Trinajstić information content (AvgIpc) is 2.33. The van der Waals surface area contributed by atoms with Crippen molar-refractivity contribution in [2.45, 2.75) is 13.1 Å². The zero-order chi connectivity index (χ0) is 13.6. The number of nitrogens with one attached hydrogen (secondary N) is 2. The van der Waals surface area contributed by atoms with E-state index in [1.807, 2.05) is 6.92 Å². The second-order valence-corrected chi connectivity index (χ2v) is 3.54. The van der Waals surface area contributed by atoms with E-state index in [1.165, 1.54) is 0 Å². The van der Waals surface area contributed by atoms with E-state index in [9.17, 15) is 18.0 Å². The molecule has 0 atom stereocenters. The quantitative estimate of drug-likeness (QED) is 0.789. The molecule has 0 unspecified atom stereocenters. The van der Waals surface area contributed by atoms with Crippen LogP contribution in [-0.4, -0.2) is 30.5 Å². The number of rotatable bonds is 5. The first kappa shape index (κ1) is 14.4. The molecule has 0 aliphatic rings. The van der Waals surface area contributed by atoms with Gasteiger partial charge in [-0.15, -0.1) is 0 Å². The molecule has 0 bridgehead atoms. The maximum Gasteiger partial charge on any atom is 0.433 e. The molecule has 0 fully saturated rings. The number of carbonyl (C=O) groups is 1. The first-order valence-corrected chi connectivity index (χ1v) is 5.47. The molecule has 1 aromatic rings. The largest absolute Gasteiger partial charge is 0.433 e. The molecule has 0 saturated heterocycles. The van der Waals surface area contributed by atoms with E-state index in [0.717, 1.165) is 24.9 Å². The maximum atomic E-state index is 12.2. The van der Waals surface area contributed by atoms with Crippen molar-refractivity contribution in [3.63, 3.8) is 0 Å². The van der Waals surface area contributed by atoms with Gasteiger partial charge in [-0.05, 0) is 18.7 Å². The molecular formula is C11H14F3N3O. The first-order chi connectivity index (χ1) is 8.45. The summed E-state index contributed by atoms with van der Waals surface area (Å²) in [4.78, 5) is 14.7. The number of aromatic nitrogens is 1. The molecule has 1 amide bonds. The van der Waals surface area contributed by atoms with Gasteiger partial charge in [0.25, 0.3) is 5.91 Å². The van der Waals surface area contributed by atoms with Gasteiger partial charge in [0.15, 0.2) is 0 Å². The fraction of sp³-hybridized carbons (Fsp3) is 0.455. The lowest BCUT2D eigenvalue weighted by atomic mass is 10.2. The van der Waals surface area contributed by atoms with Crippen molar-refractivity contribution in [3.05, 3.63) is 29.6 Å². The summed E-state index contributed by atoms with van der Waals surface area (Å²) in [5.74, 6) is -0.436. The summed E-state index contributed by atoms with van der Waals surface area (Å²) in [6, 6.07) is 1.90. The van der Waals surface area contributed by atoms with Crippen molar-refractivity contribution in [1.29, 1.82) is 0 Å². The molecule has 2 N–H and O–H groups in total. The number of carbonyl (C=O) groups excluding carboxylic acids is 1. The van der Waals surface area contributed by atoms with Gasteiger partial charge in [-0.25, -0.2) is 0 Å². The van der Waals surface area contributed by atoms with Crippen molar-refractivity contribution in [3.8, 4) is 0 Å². The van der Waals surface area contributed by atoms with Crippen LogP contribution in [-0.2, 0) is 6.18 Å². The Hall–Kier alpha value is -1.63. The Balaban J connectivity index is 2.54. The number of likely N-dealkylation sites (N-methyl/N-ethyl adjacent to an activating group) is 1. The highest BCUT2D eigenvalue weighted by molar-refractivity contribution is 5.93. The normalized spacial score (nSPS) is 11.3. The molecule has 1 rings (SSSR count). The Morgan fingerprint density at radius 3 is 2.56 bits per heavy atom. The van der Waals surface area contributed by atoms with Crippen LogP contribution in [0.5, 0.6) is 0 Å². The Labute approximate surface area is 103 Å². The number of hydrogen-bond acceptors (Lipinski definition) is 3. The number of halogens is 3. The third-order valence-corrected chi connectivity index (χ3v) is 2.15. The summed E-state index contributed by atoms with van der Waals surface area (Å²) >= 11 is 0. The van der Waals surface area contributed by atoms with E-state index in [4.69, 9.17) is 0 Å². The van der Waals surface area contributed by atoms with Crippen LogP contribution in [0.3, 0.4) is 0 Å². The van der Waals surface area contributed by atoms with E-state index in [1.54, 1.807) is 0 Å². The van der Waals surface area contributed by atoms with Crippen molar-refractivity contribution < 1.29 is 18.0 Å². The van der Waals surface area contributed by atoms with E-state index in [2.05, 4.69) is 15.6 Å². The Bertz CT molecular complexity index is 390. The van der Waals surface area contributed by atoms with Crippen LogP contribution in [0.4, 0.5) is 13.2 Å². The summed E-state index contributed by atoms with van der Waals surface area (Å²) in [5, 5.41) is 5.57. The van der Waals surface area contributed by atoms with Crippen molar-refractivity contribution in [2.24, 2.45) is 0 Å². The summed E-state index contributed by atoms with van der Waals surface area (Å²) in [5.41, 5.74) is -0.897. The Kier molecular flexibility index (Phi) is 5.08. The topological polar surface area (TPSA) is 54.0 Å². The maximum absolute atomic E-state index is 12.2. The number of amides is 1. The number of hydrogen-bond donors (Lipinski definition) is 2. The standard InChI is InChI=1S/C11H14F3N3O/c1-2-15-5-6-16-10(18)8-3-4-9(17-7-8)11(12,13)14/h3-4,7,15H,2,5-6H2,1H3,(H,16,18). The molecule has 0 radical (unpaired) electrons. The highest BCUT2D eigenvalue weighted by Crippen LogP contribution is 2.27. The van der Waals surface area contributed by atoms with Gasteiger partial charge in [-0.3, -0.25) is 9.78 Å². The third-order valence-electron chi connectivity index (χ3n) is 2.15. The summed E-state index contributed by atoms with van der Waals surface area (Å²) in [7, 11) is 0. The van der Waals surface area contributed by atoms with Gasteiger partial charge < -0.3 is 10.6 Å². The van der Waals surface area contributed by atoms with Crippen molar-refractivity contribution in [1.82, 2.24) is 15.6 Å². The molecule has 0 spiro atoms. The molecule has 7 heteroatoms. The van der Waals surface area contributed by atoms with Crippen molar-refractivity contribution >= 4 is 5.91 Å². The van der Waals surface area contributed by atoms with Gasteiger partial charge in [0.05, 0.1) is 5.56 Å². The van der Waals surface area contributed by atoms with Gasteiger partial charge in [0.2, 0.25) is 0 Å². The monoisotopic (exact) mass is 261 g/mol. The zero-order valence-electron chi connectivity index (χ0n) is 9.84. The summed E-state index contributed by atoms with van der Waals surface area (Å²) in [6.45, 7) is 3.74. The fourth-order valence-corrected chi connectivity index (χ4v) is 1.24. The van der Waals surface area contributed by atoms with Gasteiger partial charge in [0, 0.05) is 19.3 Å². The van der Waals surface area contributed by atoms with E-state index >= 15 is 0 Å². The summed E-state index contributed by atoms with van der Waals surface area (Å²) < 4.78 is 36.7. The smallest absolute Gasteiger partial charge is 0.351 e. The third kappa shape index (κ3) is 4.33. The van der Waals surface area contributed by atoms with Crippen LogP contribution in [0, 0.1) is 0 Å². The predicted octanol–water partition coefficient (Wildman–Crippen LogP) is 1.44. The van der Waals surface area contributed by atoms with Crippen LogP contribution in [0.2, 0.25) is 0 Å². The molecule has 0 aliphatic heterocycles. The van der Waals surface area contributed by atoms with Crippen LogP contribution in [0.1, 0.15) is 23.0 Å².